The van der Waals surface area contributed by atoms with Gasteiger partial charge in [0.15, 0.2) is 0 Å². The van der Waals surface area contributed by atoms with Crippen molar-refractivity contribution in [3.05, 3.63) is 22.4 Å². The summed E-state index contributed by atoms with van der Waals surface area (Å²) in [6.07, 6.45) is 11.7. The molecule has 3 rings (SSSR count). The minimum absolute atomic E-state index is 0.156. The molecule has 2 amide bonds. The quantitative estimate of drug-likeness (QED) is 0.595. The number of carbonyl (C=O) groups excluding carboxylic acids is 2. The van der Waals surface area contributed by atoms with Gasteiger partial charge in [0, 0.05) is 12.6 Å². The van der Waals surface area contributed by atoms with E-state index >= 15 is 0 Å². The molecule has 1 aromatic rings. The van der Waals surface area contributed by atoms with E-state index in [0.717, 1.165) is 38.8 Å². The number of amides is 2. The zero-order valence-electron chi connectivity index (χ0n) is 16.3. The first-order valence-corrected chi connectivity index (χ1v) is 11.5. The Hall–Kier alpha value is -1.40. The van der Waals surface area contributed by atoms with Crippen LogP contribution in [0, 0.1) is 0 Å². The van der Waals surface area contributed by atoms with Gasteiger partial charge < -0.3 is 10.6 Å². The first-order valence-electron chi connectivity index (χ1n) is 10.6. The van der Waals surface area contributed by atoms with E-state index in [-0.39, 0.29) is 12.1 Å². The zero-order valence-corrected chi connectivity index (χ0v) is 17.1. The van der Waals surface area contributed by atoms with Crippen LogP contribution in [0.15, 0.2) is 16.8 Å². The lowest BCUT2D eigenvalue weighted by atomic mass is 10.1. The summed E-state index contributed by atoms with van der Waals surface area (Å²) in [6.45, 7) is 2.61. The van der Waals surface area contributed by atoms with Crippen LogP contribution >= 0.6 is 11.3 Å². The Balaban J connectivity index is 1.54. The van der Waals surface area contributed by atoms with E-state index < -0.39 is 11.8 Å². The van der Waals surface area contributed by atoms with Gasteiger partial charge in [-0.25, -0.2) is 0 Å². The van der Waals surface area contributed by atoms with Crippen molar-refractivity contribution in [1.29, 1.82) is 0 Å². The van der Waals surface area contributed by atoms with Crippen molar-refractivity contribution >= 4 is 23.2 Å². The SMILES string of the molecule is O=C(NCC(c1ccsc1)N1CCCCCC1)C(=O)NC1CCCCCC1. The lowest BCUT2D eigenvalue weighted by Gasteiger charge is -2.30. The fourth-order valence-electron chi connectivity index (χ4n) is 4.27. The summed E-state index contributed by atoms with van der Waals surface area (Å²) in [5.74, 6) is -0.962. The number of nitrogens with one attached hydrogen (secondary N) is 2. The number of hydrogen-bond acceptors (Lipinski definition) is 4. The van der Waals surface area contributed by atoms with Crippen LogP contribution in [-0.4, -0.2) is 42.4 Å². The van der Waals surface area contributed by atoms with Crippen molar-refractivity contribution < 1.29 is 9.59 Å². The molecule has 1 aliphatic heterocycles. The van der Waals surface area contributed by atoms with E-state index in [2.05, 4.69) is 32.4 Å². The van der Waals surface area contributed by atoms with Crippen molar-refractivity contribution in [2.24, 2.45) is 0 Å². The molecule has 2 fully saturated rings. The van der Waals surface area contributed by atoms with Gasteiger partial charge in [0.05, 0.1) is 6.04 Å². The minimum Gasteiger partial charge on any atom is -0.346 e. The van der Waals surface area contributed by atoms with Gasteiger partial charge in [0.25, 0.3) is 0 Å². The van der Waals surface area contributed by atoms with Crippen molar-refractivity contribution in [2.45, 2.75) is 76.3 Å². The highest BCUT2D eigenvalue weighted by atomic mass is 32.1. The average molecular weight is 392 g/mol. The molecule has 1 saturated carbocycles. The van der Waals surface area contributed by atoms with Gasteiger partial charge >= 0.3 is 11.8 Å². The number of rotatable bonds is 5. The van der Waals surface area contributed by atoms with E-state index in [1.54, 1.807) is 11.3 Å². The van der Waals surface area contributed by atoms with Crippen molar-refractivity contribution in [1.82, 2.24) is 15.5 Å². The maximum atomic E-state index is 12.4. The smallest absolute Gasteiger partial charge is 0.309 e. The van der Waals surface area contributed by atoms with E-state index in [4.69, 9.17) is 0 Å². The summed E-state index contributed by atoms with van der Waals surface area (Å²) in [5, 5.41) is 10.1. The van der Waals surface area contributed by atoms with E-state index in [1.807, 2.05) is 0 Å². The Labute approximate surface area is 166 Å². The maximum absolute atomic E-state index is 12.4. The maximum Gasteiger partial charge on any atom is 0.309 e. The lowest BCUT2D eigenvalue weighted by Crippen LogP contribution is -2.47. The van der Waals surface area contributed by atoms with Crippen LogP contribution < -0.4 is 10.6 Å². The number of carbonyl (C=O) groups is 2. The first-order chi connectivity index (χ1) is 13.2. The average Bonchev–Trinajstić information content (AvgIpc) is 2.91. The van der Waals surface area contributed by atoms with Crippen LogP contribution in [-0.2, 0) is 9.59 Å². The summed E-state index contributed by atoms with van der Waals surface area (Å²) in [6, 6.07) is 2.45. The van der Waals surface area contributed by atoms with E-state index in [9.17, 15) is 9.59 Å². The third kappa shape index (κ3) is 6.32. The van der Waals surface area contributed by atoms with Gasteiger partial charge in [-0.2, -0.15) is 11.3 Å². The molecule has 5 nitrogen and oxygen atoms in total. The van der Waals surface area contributed by atoms with Crippen LogP contribution in [0.25, 0.3) is 0 Å². The molecule has 1 unspecified atom stereocenters. The second kappa shape index (κ2) is 10.8. The molecule has 27 heavy (non-hydrogen) atoms. The summed E-state index contributed by atoms with van der Waals surface area (Å²) >= 11 is 1.68. The van der Waals surface area contributed by atoms with Crippen LogP contribution in [0.3, 0.4) is 0 Å². The molecule has 1 aliphatic carbocycles. The second-order valence-corrected chi connectivity index (χ2v) is 8.67. The standard InChI is InChI=1S/C21H33N3O2S/c25-20(21(26)23-18-9-5-1-2-6-10-18)22-15-19(17-11-14-27-16-17)24-12-7-3-4-8-13-24/h11,14,16,18-19H,1-10,12-13,15H2,(H,22,25)(H,23,26). The van der Waals surface area contributed by atoms with E-state index in [1.165, 1.54) is 44.1 Å². The van der Waals surface area contributed by atoms with Gasteiger partial charge in [0.1, 0.15) is 0 Å². The molecule has 2 heterocycles. The van der Waals surface area contributed by atoms with E-state index in [0.29, 0.717) is 6.54 Å². The predicted molar refractivity (Wildman–Crippen MR) is 110 cm³/mol. The second-order valence-electron chi connectivity index (χ2n) is 7.89. The Bertz CT molecular complexity index is 574. The molecule has 1 atom stereocenters. The summed E-state index contributed by atoms with van der Waals surface area (Å²) in [4.78, 5) is 27.2. The Morgan fingerprint density at radius 2 is 1.67 bits per heavy atom. The molecule has 0 aromatic carbocycles. The minimum atomic E-state index is -0.491. The van der Waals surface area contributed by atoms with Crippen molar-refractivity contribution in [2.75, 3.05) is 19.6 Å². The van der Waals surface area contributed by atoms with Crippen LogP contribution in [0.2, 0.25) is 0 Å². The molecule has 0 radical (unpaired) electrons. The fraction of sp³-hybridized carbons (Fsp3) is 0.714. The molecule has 0 bridgehead atoms. The molecular weight excluding hydrogens is 358 g/mol. The van der Waals surface area contributed by atoms with Gasteiger partial charge in [-0.3, -0.25) is 14.5 Å². The van der Waals surface area contributed by atoms with Crippen LogP contribution in [0.5, 0.6) is 0 Å². The third-order valence-electron chi connectivity index (χ3n) is 5.86. The number of nitrogens with zero attached hydrogens (tertiary/aromatic N) is 1. The first kappa shape index (κ1) is 20.3. The molecule has 1 saturated heterocycles. The van der Waals surface area contributed by atoms with Crippen molar-refractivity contribution in [3.63, 3.8) is 0 Å². The summed E-state index contributed by atoms with van der Waals surface area (Å²) < 4.78 is 0. The largest absolute Gasteiger partial charge is 0.346 e. The lowest BCUT2D eigenvalue weighted by molar-refractivity contribution is -0.139. The molecule has 6 heteroatoms. The normalized spacial score (nSPS) is 21.0. The molecule has 0 spiro atoms. The highest BCUT2D eigenvalue weighted by Crippen LogP contribution is 2.25. The van der Waals surface area contributed by atoms with Gasteiger partial charge in [-0.15, -0.1) is 0 Å². The Morgan fingerprint density at radius 3 is 2.30 bits per heavy atom. The van der Waals surface area contributed by atoms with Crippen LogP contribution in [0.4, 0.5) is 0 Å². The number of likely N-dealkylation sites (tertiary alicyclic amines) is 1. The van der Waals surface area contributed by atoms with Crippen LogP contribution in [0.1, 0.15) is 75.8 Å². The zero-order chi connectivity index (χ0) is 18.9. The molecule has 2 N–H and O–H groups in total. The number of thiophene rings is 1. The predicted octanol–water partition coefficient (Wildman–Crippen LogP) is 3.62. The van der Waals surface area contributed by atoms with Gasteiger partial charge in [0.2, 0.25) is 0 Å². The molecule has 150 valence electrons. The Morgan fingerprint density at radius 1 is 1.00 bits per heavy atom. The molecule has 2 aliphatic rings. The number of hydrogen-bond donors (Lipinski definition) is 2. The Kier molecular flexibility index (Phi) is 8.14. The third-order valence-corrected chi connectivity index (χ3v) is 6.56. The highest BCUT2D eigenvalue weighted by molar-refractivity contribution is 7.07. The summed E-state index contributed by atoms with van der Waals surface area (Å²) in [7, 11) is 0. The van der Waals surface area contributed by atoms with Crippen molar-refractivity contribution in [3.8, 4) is 0 Å². The molecular formula is C21H33N3O2S. The van der Waals surface area contributed by atoms with Gasteiger partial charge in [-0.05, 0) is 61.2 Å². The fourth-order valence-corrected chi connectivity index (χ4v) is 4.98. The van der Waals surface area contributed by atoms with Gasteiger partial charge in [-0.1, -0.05) is 38.5 Å². The monoisotopic (exact) mass is 391 g/mol. The molecule has 1 aromatic heterocycles. The highest BCUT2D eigenvalue weighted by Gasteiger charge is 2.25. The summed E-state index contributed by atoms with van der Waals surface area (Å²) in [5.41, 5.74) is 1.24. The topological polar surface area (TPSA) is 61.4 Å².